The van der Waals surface area contributed by atoms with E-state index >= 15 is 0 Å². The van der Waals surface area contributed by atoms with Crippen molar-refractivity contribution >= 4 is 22.1 Å². The molecule has 0 saturated carbocycles. The van der Waals surface area contributed by atoms with Gasteiger partial charge in [0.2, 0.25) is 0 Å². The summed E-state index contributed by atoms with van der Waals surface area (Å²) in [5, 5.41) is 1.86. The molecule has 0 aliphatic carbocycles. The average Bonchev–Trinajstić information content (AvgIpc) is 2.76. The molecule has 5 heteroatoms. The van der Waals surface area contributed by atoms with Gasteiger partial charge in [-0.05, 0) is 27.2 Å². The summed E-state index contributed by atoms with van der Waals surface area (Å²) in [4.78, 5) is 0. The van der Waals surface area contributed by atoms with Gasteiger partial charge in [-0.15, -0.1) is 0 Å². The van der Waals surface area contributed by atoms with Gasteiger partial charge < -0.3 is 13.3 Å². The Morgan fingerprint density at radius 2 is 1.10 bits per heavy atom. The molecule has 0 aliphatic heterocycles. The summed E-state index contributed by atoms with van der Waals surface area (Å²) in [6, 6.07) is 11.1. The van der Waals surface area contributed by atoms with E-state index in [9.17, 15) is 0 Å². The van der Waals surface area contributed by atoms with Crippen LogP contribution in [0.5, 0.6) is 0 Å². The van der Waals surface area contributed by atoms with Gasteiger partial charge in [-0.1, -0.05) is 113 Å². The Labute approximate surface area is 195 Å². The highest BCUT2D eigenvalue weighted by molar-refractivity contribution is 6.99. The van der Waals surface area contributed by atoms with Gasteiger partial charge in [0, 0.05) is 25.0 Å². The quantitative estimate of drug-likeness (QED) is 0.156. The molecule has 1 aromatic carbocycles. The van der Waals surface area contributed by atoms with Gasteiger partial charge in [-0.3, -0.25) is 0 Å². The van der Waals surface area contributed by atoms with Crippen molar-refractivity contribution in [2.45, 2.75) is 110 Å². The summed E-state index contributed by atoms with van der Waals surface area (Å²) < 4.78 is 19.3. The number of hydrogen-bond donors (Lipinski definition) is 0. The molecule has 0 fully saturated rings. The topological polar surface area (TPSA) is 27.7 Å². The van der Waals surface area contributed by atoms with Crippen molar-refractivity contribution in [3.63, 3.8) is 0 Å². The molecule has 0 bridgehead atoms. The fraction of sp³-hybridized carbons (Fsp3) is 0.769. The van der Waals surface area contributed by atoms with E-state index in [1.165, 1.54) is 63.0 Å². The van der Waals surface area contributed by atoms with Crippen molar-refractivity contribution < 1.29 is 13.3 Å². The summed E-state index contributed by atoms with van der Waals surface area (Å²) in [5.41, 5.74) is 0. The zero-order chi connectivity index (χ0) is 23.0. The normalized spacial score (nSPS) is 13.5. The van der Waals surface area contributed by atoms with Crippen LogP contribution in [0.4, 0.5) is 0 Å². The molecule has 1 aromatic rings. The van der Waals surface area contributed by atoms with Crippen LogP contribution in [-0.4, -0.2) is 36.7 Å². The van der Waals surface area contributed by atoms with Gasteiger partial charge in [0.05, 0.1) is 8.07 Å². The van der Waals surface area contributed by atoms with E-state index in [4.69, 9.17) is 13.3 Å². The lowest BCUT2D eigenvalue weighted by Crippen LogP contribution is -2.62. The molecule has 1 unspecified atom stereocenters. The predicted molar refractivity (Wildman–Crippen MR) is 140 cm³/mol. The molecule has 1 rings (SSSR count). The van der Waals surface area contributed by atoms with Gasteiger partial charge in [0.1, 0.15) is 0 Å². The highest BCUT2D eigenvalue weighted by Crippen LogP contribution is 2.39. The molecule has 0 spiro atoms. The minimum atomic E-state index is -2.77. The van der Waals surface area contributed by atoms with Crippen LogP contribution >= 0.6 is 0 Å². The molecule has 0 aliphatic rings. The zero-order valence-corrected chi connectivity index (χ0v) is 23.4. The van der Waals surface area contributed by atoms with Crippen LogP contribution in [0.25, 0.3) is 0 Å². The predicted octanol–water partition coefficient (Wildman–Crippen LogP) is 7.48. The van der Waals surface area contributed by atoms with Crippen LogP contribution in [0, 0.1) is 0 Å². The van der Waals surface area contributed by atoms with Gasteiger partial charge in [0.25, 0.3) is 0 Å². The Balaban J connectivity index is 2.90. The van der Waals surface area contributed by atoms with Crippen LogP contribution < -0.4 is 5.19 Å². The standard InChI is InChI=1S/C26H50O3Si2/c1-7-11-12-13-14-15-16-17-21-24-26(30(5,6)25-22-19-18-20-23-25)31(27-8-2,28-9-3)29-10-4/h18-20,22-23,26H,7-17,21,24H2,1-6H3. The molecule has 3 nitrogen and oxygen atoms in total. The fourth-order valence-electron chi connectivity index (χ4n) is 4.74. The molecule has 0 amide bonds. The van der Waals surface area contributed by atoms with Crippen LogP contribution in [0.1, 0.15) is 91.9 Å². The maximum absolute atomic E-state index is 6.44. The molecule has 0 heterocycles. The molecule has 0 N–H and O–H groups in total. The maximum atomic E-state index is 6.44. The lowest BCUT2D eigenvalue weighted by atomic mass is 10.1. The third kappa shape index (κ3) is 9.51. The largest absolute Gasteiger partial charge is 0.501 e. The summed E-state index contributed by atoms with van der Waals surface area (Å²) in [5.74, 6) is 0. The van der Waals surface area contributed by atoms with Gasteiger partial charge in [-0.2, -0.15) is 0 Å². The Kier molecular flexibility index (Phi) is 14.9. The Bertz CT molecular complexity index is 534. The molecule has 0 radical (unpaired) electrons. The highest BCUT2D eigenvalue weighted by Gasteiger charge is 2.56. The maximum Gasteiger partial charge on any atom is 0.501 e. The van der Waals surface area contributed by atoms with Gasteiger partial charge in [0.15, 0.2) is 0 Å². The Hall–Kier alpha value is -0.466. The van der Waals surface area contributed by atoms with Crippen molar-refractivity contribution in [3.05, 3.63) is 30.3 Å². The van der Waals surface area contributed by atoms with E-state index in [2.05, 4.69) is 71.1 Å². The van der Waals surface area contributed by atoms with E-state index in [-0.39, 0.29) is 0 Å². The zero-order valence-electron chi connectivity index (χ0n) is 21.4. The smallest absolute Gasteiger partial charge is 0.374 e. The van der Waals surface area contributed by atoms with Crippen LogP contribution in [0.3, 0.4) is 0 Å². The molecule has 0 saturated heterocycles. The van der Waals surface area contributed by atoms with Crippen molar-refractivity contribution in [1.82, 2.24) is 0 Å². The SMILES string of the molecule is CCCCCCCCCCCC([Si](OCC)(OCC)OCC)[Si](C)(C)c1ccccc1. The number of unbranched alkanes of at least 4 members (excludes halogenated alkanes) is 8. The van der Waals surface area contributed by atoms with Crippen molar-refractivity contribution in [3.8, 4) is 0 Å². The first-order chi connectivity index (χ1) is 15.0. The highest BCUT2D eigenvalue weighted by atomic mass is 28.4. The summed E-state index contributed by atoms with van der Waals surface area (Å²) in [7, 11) is -4.63. The lowest BCUT2D eigenvalue weighted by molar-refractivity contribution is 0.0662. The van der Waals surface area contributed by atoms with E-state index in [0.29, 0.717) is 25.0 Å². The monoisotopic (exact) mass is 466 g/mol. The molecular formula is C26H50O3Si2. The summed E-state index contributed by atoms with van der Waals surface area (Å²) in [6.45, 7) is 15.4. The number of benzene rings is 1. The third-order valence-electron chi connectivity index (χ3n) is 6.45. The first kappa shape index (κ1) is 28.6. The van der Waals surface area contributed by atoms with Crippen molar-refractivity contribution in [2.24, 2.45) is 0 Å². The number of rotatable bonds is 19. The van der Waals surface area contributed by atoms with E-state index < -0.39 is 16.9 Å². The third-order valence-corrected chi connectivity index (χ3v) is 16.7. The second-order valence-corrected chi connectivity index (χ2v) is 17.2. The second kappa shape index (κ2) is 16.2. The van der Waals surface area contributed by atoms with Crippen molar-refractivity contribution in [2.75, 3.05) is 19.8 Å². The Morgan fingerprint density at radius 3 is 1.55 bits per heavy atom. The summed E-state index contributed by atoms with van der Waals surface area (Å²) in [6.07, 6.45) is 13.3. The second-order valence-electron chi connectivity index (χ2n) is 9.16. The minimum Gasteiger partial charge on any atom is -0.374 e. The minimum absolute atomic E-state index is 0.381. The molecule has 1 atom stereocenters. The molecule has 180 valence electrons. The molecular weight excluding hydrogens is 416 g/mol. The van der Waals surface area contributed by atoms with Crippen LogP contribution in [0.15, 0.2) is 30.3 Å². The van der Waals surface area contributed by atoms with E-state index in [1.807, 2.05) is 0 Å². The molecule has 31 heavy (non-hydrogen) atoms. The average molecular weight is 467 g/mol. The van der Waals surface area contributed by atoms with E-state index in [1.54, 1.807) is 0 Å². The van der Waals surface area contributed by atoms with Gasteiger partial charge >= 0.3 is 8.80 Å². The van der Waals surface area contributed by atoms with Crippen LogP contribution in [0.2, 0.25) is 18.3 Å². The molecule has 0 aromatic heterocycles. The first-order valence-corrected chi connectivity index (χ1v) is 17.8. The van der Waals surface area contributed by atoms with Crippen molar-refractivity contribution in [1.29, 1.82) is 0 Å². The lowest BCUT2D eigenvalue weighted by Gasteiger charge is -2.43. The van der Waals surface area contributed by atoms with Crippen LogP contribution in [-0.2, 0) is 13.3 Å². The summed E-state index contributed by atoms with van der Waals surface area (Å²) >= 11 is 0. The van der Waals surface area contributed by atoms with Gasteiger partial charge in [-0.25, -0.2) is 0 Å². The fourth-order valence-corrected chi connectivity index (χ4v) is 14.5. The number of hydrogen-bond acceptors (Lipinski definition) is 3. The first-order valence-electron chi connectivity index (χ1n) is 13.0. The Morgan fingerprint density at radius 1 is 0.645 bits per heavy atom. The van der Waals surface area contributed by atoms with E-state index in [0.717, 1.165) is 6.42 Å².